The Morgan fingerprint density at radius 3 is 1.76 bits per heavy atom. The molecule has 8 aliphatic rings. The lowest BCUT2D eigenvalue weighted by Gasteiger charge is -2.63. The van der Waals surface area contributed by atoms with Gasteiger partial charge in [0.2, 0.25) is 0 Å². The lowest BCUT2D eigenvalue weighted by Crippen LogP contribution is -2.67. The molecule has 7 fully saturated rings. The molecule has 0 spiro atoms. The standard InChI is InChI=1S/C58H92O20/c1-14-28(3)53(63)72-30(5)36-19-21-58(65)37-17-16-34-22-35(18-20-56(34,9)38(37)23-43(57(36,58)10)75-54(64)29(4)15-2)73-44-24-39(66-11)50(31(6)69-44)76-45-25-40(67-12)51(32(7)70-45)77-46-26-41(68-13)52(33(8)71-46)78-55-49(62)48(61)47(60)42(27-59)74-55/h14-16,30-33,35-52,55,59-62,65H,17-27H2,1-13H3/b28-14+,29-15+/t30-,31-,32-,33-,35+,36-,37-,38+,39+,40+,41-,42-,43-,44+,45+,46+,47-,48+,49-,50-,51-,52-,55+,56+,57+,58+/m1/s1. The summed E-state index contributed by atoms with van der Waals surface area (Å²) in [5.74, 6) is -1.06. The number of ether oxygens (including phenoxy) is 13. The quantitative estimate of drug-likeness (QED) is 0.0741. The van der Waals surface area contributed by atoms with Crippen molar-refractivity contribution in [3.8, 4) is 0 Å². The zero-order valence-electron chi connectivity index (χ0n) is 48.1. The molecule has 0 aromatic heterocycles. The molecule has 20 heteroatoms. The lowest BCUT2D eigenvalue weighted by molar-refractivity contribution is -0.357. The monoisotopic (exact) mass is 1110 g/mol. The number of carbonyl (C=O) groups is 2. The van der Waals surface area contributed by atoms with Gasteiger partial charge in [-0.05, 0) is 118 Å². The Hall–Kier alpha value is -2.48. The van der Waals surface area contributed by atoms with E-state index in [1.165, 1.54) is 12.7 Å². The zero-order valence-corrected chi connectivity index (χ0v) is 48.1. The number of hydrogen-bond acceptors (Lipinski definition) is 20. The van der Waals surface area contributed by atoms with E-state index in [4.69, 9.17) is 61.6 Å². The summed E-state index contributed by atoms with van der Waals surface area (Å²) < 4.78 is 81.5. The van der Waals surface area contributed by atoms with Crippen molar-refractivity contribution in [2.24, 2.45) is 28.6 Å². The fraction of sp³-hybridized carbons (Fsp3) is 0.862. The van der Waals surface area contributed by atoms with Gasteiger partial charge in [-0.2, -0.15) is 0 Å². The van der Waals surface area contributed by atoms with Gasteiger partial charge in [-0.3, -0.25) is 0 Å². The molecule has 4 heterocycles. The van der Waals surface area contributed by atoms with Crippen LogP contribution in [0.3, 0.4) is 0 Å². The van der Waals surface area contributed by atoms with Gasteiger partial charge in [0.1, 0.15) is 54.9 Å². The van der Waals surface area contributed by atoms with Crippen LogP contribution < -0.4 is 0 Å². The van der Waals surface area contributed by atoms with Crippen LogP contribution in [-0.2, 0) is 71.2 Å². The number of aliphatic hydroxyl groups excluding tert-OH is 4. The maximum atomic E-state index is 13.7. The van der Waals surface area contributed by atoms with Crippen LogP contribution in [0.1, 0.15) is 133 Å². The Morgan fingerprint density at radius 2 is 1.23 bits per heavy atom. The fourth-order valence-electron chi connectivity index (χ4n) is 14.9. The number of methoxy groups -OCH3 is 3. The topological polar surface area (TPSA) is 255 Å². The van der Waals surface area contributed by atoms with Gasteiger partial charge in [0, 0.05) is 63.1 Å². The number of esters is 2. The summed E-state index contributed by atoms with van der Waals surface area (Å²) in [7, 11) is 4.79. The molecular formula is C58H92O20. The Morgan fingerprint density at radius 1 is 0.705 bits per heavy atom. The van der Waals surface area contributed by atoms with Crippen LogP contribution in [0.4, 0.5) is 0 Å². The van der Waals surface area contributed by atoms with Crippen molar-refractivity contribution in [3.05, 3.63) is 34.9 Å². The van der Waals surface area contributed by atoms with Crippen molar-refractivity contribution >= 4 is 11.9 Å². The Labute approximate surface area is 460 Å². The molecular weight excluding hydrogens is 1020 g/mol. The normalized spacial score (nSPS) is 47.5. The van der Waals surface area contributed by atoms with Crippen molar-refractivity contribution in [3.63, 3.8) is 0 Å². The first kappa shape index (κ1) is 61.6. The van der Waals surface area contributed by atoms with E-state index < -0.39 is 134 Å². The van der Waals surface area contributed by atoms with E-state index >= 15 is 0 Å². The zero-order chi connectivity index (χ0) is 56.8. The maximum absolute atomic E-state index is 13.7. The summed E-state index contributed by atoms with van der Waals surface area (Å²) in [5, 5.41) is 54.1. The van der Waals surface area contributed by atoms with Crippen LogP contribution in [0, 0.1) is 28.6 Å². The van der Waals surface area contributed by atoms with E-state index in [2.05, 4.69) is 19.9 Å². The number of allylic oxidation sites excluding steroid dienone is 3. The molecule has 26 atom stereocenters. The second-order valence-corrected chi connectivity index (χ2v) is 24.0. The number of aliphatic hydroxyl groups is 5. The van der Waals surface area contributed by atoms with Crippen LogP contribution in [0.25, 0.3) is 0 Å². The van der Waals surface area contributed by atoms with Gasteiger partial charge in [0.25, 0.3) is 0 Å². The SMILES string of the molecule is C/C=C(\C)C(=O)O[C@H](C)[C@H]1CC[C@]2(O)[C@@H]3CC=C4C[C@@H](O[C@H]5C[C@H](OC)[C@H](O[C@H]6C[C@H](OC)[C@H](O[C@H]7C[C@@H](OC)[C@H](O[C@@H]8O[C@H](CO)[C@@H](O)[C@H](O)[C@H]8O)[C@@H](C)O7)[C@@H](C)O6)[C@@H](C)O5)CC[C@]4(C)[C@H]3C[C@@H](OC(=O)/C(C)=C/C)[C@]12C. The van der Waals surface area contributed by atoms with Gasteiger partial charge in [-0.25, -0.2) is 9.59 Å². The van der Waals surface area contributed by atoms with E-state index in [-0.39, 0.29) is 47.8 Å². The third-order valence-electron chi connectivity index (χ3n) is 19.9. The van der Waals surface area contributed by atoms with Crippen LogP contribution in [0.15, 0.2) is 34.9 Å². The molecule has 444 valence electrons. The molecule has 0 radical (unpaired) electrons. The number of carbonyl (C=O) groups excluding carboxylic acids is 2. The van der Waals surface area contributed by atoms with Crippen molar-refractivity contribution in [2.45, 2.75) is 262 Å². The Kier molecular flexibility index (Phi) is 19.9. The molecule has 0 bridgehead atoms. The maximum Gasteiger partial charge on any atom is 0.333 e. The number of fused-ring (bicyclic) bond motifs is 5. The first-order valence-corrected chi connectivity index (χ1v) is 28.6. The summed E-state index contributed by atoms with van der Waals surface area (Å²) >= 11 is 0. The summed E-state index contributed by atoms with van der Waals surface area (Å²) in [6, 6.07) is 0. The molecule has 78 heavy (non-hydrogen) atoms. The first-order chi connectivity index (χ1) is 37.0. The highest BCUT2D eigenvalue weighted by atomic mass is 16.8. The molecule has 0 aromatic rings. The van der Waals surface area contributed by atoms with E-state index in [1.54, 1.807) is 54.1 Å². The molecule has 0 unspecified atom stereocenters. The lowest BCUT2D eigenvalue weighted by atomic mass is 9.44. The molecule has 4 aliphatic carbocycles. The van der Waals surface area contributed by atoms with E-state index in [1.807, 2.05) is 27.7 Å². The summed E-state index contributed by atoms with van der Waals surface area (Å²) in [6.45, 7) is 18.4. The summed E-state index contributed by atoms with van der Waals surface area (Å²) in [4.78, 5) is 26.7. The minimum Gasteiger partial charge on any atom is -0.459 e. The van der Waals surface area contributed by atoms with Gasteiger partial charge in [0.15, 0.2) is 25.2 Å². The highest BCUT2D eigenvalue weighted by Crippen LogP contribution is 2.69. The molecule has 20 nitrogen and oxygen atoms in total. The minimum absolute atomic E-state index is 0.0316. The van der Waals surface area contributed by atoms with E-state index in [9.17, 15) is 35.1 Å². The van der Waals surface area contributed by atoms with E-state index in [0.717, 1.165) is 12.8 Å². The molecule has 4 saturated heterocycles. The second kappa shape index (κ2) is 25.2. The van der Waals surface area contributed by atoms with Gasteiger partial charge in [0.05, 0.1) is 54.9 Å². The molecule has 0 amide bonds. The van der Waals surface area contributed by atoms with Crippen LogP contribution in [-0.4, -0.2) is 194 Å². The largest absolute Gasteiger partial charge is 0.459 e. The smallest absolute Gasteiger partial charge is 0.333 e. The molecule has 8 rings (SSSR count). The van der Waals surface area contributed by atoms with Crippen LogP contribution >= 0.6 is 0 Å². The summed E-state index contributed by atoms with van der Waals surface area (Å²) in [5.41, 5.74) is 0.00670. The number of rotatable bonds is 17. The third kappa shape index (κ3) is 11.7. The molecule has 0 aromatic carbocycles. The Bertz CT molecular complexity index is 2150. The average Bonchev–Trinajstić information content (AvgIpc) is 3.14. The molecule has 3 saturated carbocycles. The second-order valence-electron chi connectivity index (χ2n) is 24.0. The highest BCUT2D eigenvalue weighted by molar-refractivity contribution is 5.88. The van der Waals surface area contributed by atoms with Gasteiger partial charge < -0.3 is 87.1 Å². The van der Waals surface area contributed by atoms with Crippen molar-refractivity contribution in [1.82, 2.24) is 0 Å². The van der Waals surface area contributed by atoms with Crippen molar-refractivity contribution < 1.29 is 96.7 Å². The fourth-order valence-corrected chi connectivity index (χ4v) is 14.9. The predicted octanol–water partition coefficient (Wildman–Crippen LogP) is 4.86. The highest BCUT2D eigenvalue weighted by Gasteiger charge is 2.72. The van der Waals surface area contributed by atoms with Crippen LogP contribution in [0.2, 0.25) is 0 Å². The predicted molar refractivity (Wildman–Crippen MR) is 279 cm³/mol. The van der Waals surface area contributed by atoms with Gasteiger partial charge in [-0.15, -0.1) is 0 Å². The van der Waals surface area contributed by atoms with Crippen molar-refractivity contribution in [1.29, 1.82) is 0 Å². The van der Waals surface area contributed by atoms with E-state index in [0.29, 0.717) is 56.1 Å². The minimum atomic E-state index is -1.59. The molecule has 5 N–H and O–H groups in total. The van der Waals surface area contributed by atoms with Gasteiger partial charge >= 0.3 is 11.9 Å². The third-order valence-corrected chi connectivity index (χ3v) is 19.9. The number of hydrogen-bond donors (Lipinski definition) is 5. The molecule has 4 aliphatic heterocycles. The summed E-state index contributed by atoms with van der Waals surface area (Å²) in [6.07, 6.45) is -3.70. The average molecular weight is 1110 g/mol. The van der Waals surface area contributed by atoms with Crippen LogP contribution in [0.5, 0.6) is 0 Å². The van der Waals surface area contributed by atoms with Crippen molar-refractivity contribution in [2.75, 3.05) is 27.9 Å². The Balaban J connectivity index is 0.871. The first-order valence-electron chi connectivity index (χ1n) is 28.6. The van der Waals surface area contributed by atoms with Gasteiger partial charge in [-0.1, -0.05) is 37.6 Å².